The van der Waals surface area contributed by atoms with Gasteiger partial charge in [-0.2, -0.15) is 5.26 Å². The number of Topliss-reactive ketones (excluding diaryl/α,β-unsaturated/α-hetero) is 1. The van der Waals surface area contributed by atoms with Crippen molar-refractivity contribution >= 4 is 5.78 Å². The first-order valence-corrected chi connectivity index (χ1v) is 4.17. The number of carbonyl (C=O) groups excluding carboxylic acids is 1. The fourth-order valence-electron chi connectivity index (χ4n) is 1.01. The van der Waals surface area contributed by atoms with Crippen LogP contribution in [0.3, 0.4) is 0 Å². The highest BCUT2D eigenvalue weighted by Gasteiger charge is 2.05. The van der Waals surface area contributed by atoms with Gasteiger partial charge in [0.15, 0.2) is 5.78 Å². The number of pyridine rings is 1. The molecule has 0 aromatic carbocycles. The first kappa shape index (κ1) is 9.40. The van der Waals surface area contributed by atoms with Crippen LogP contribution in [0.1, 0.15) is 35.8 Å². The van der Waals surface area contributed by atoms with Crippen LogP contribution in [0.2, 0.25) is 0 Å². The molecule has 0 spiro atoms. The monoisotopic (exact) mass is 174 g/mol. The molecule has 0 amide bonds. The zero-order valence-electron chi connectivity index (χ0n) is 7.45. The number of ketones is 1. The third-order valence-corrected chi connectivity index (χ3v) is 1.65. The van der Waals surface area contributed by atoms with Crippen molar-refractivity contribution in [1.82, 2.24) is 4.98 Å². The molecule has 13 heavy (non-hydrogen) atoms. The molecule has 0 aliphatic rings. The molecule has 0 saturated carbocycles. The Morgan fingerprint density at radius 1 is 1.69 bits per heavy atom. The molecule has 0 atom stereocenters. The molecule has 0 aliphatic heterocycles. The molecule has 0 saturated heterocycles. The predicted octanol–water partition coefficient (Wildman–Crippen LogP) is 1.94. The lowest BCUT2D eigenvalue weighted by Gasteiger charge is -1.97. The second-order valence-corrected chi connectivity index (χ2v) is 2.71. The fraction of sp³-hybridized carbons (Fsp3) is 0.300. The summed E-state index contributed by atoms with van der Waals surface area (Å²) in [6.45, 7) is 1.94. The van der Waals surface area contributed by atoms with E-state index in [1.165, 1.54) is 12.3 Å². The molecule has 0 fully saturated rings. The fourth-order valence-corrected chi connectivity index (χ4v) is 1.01. The molecular weight excluding hydrogens is 164 g/mol. The van der Waals surface area contributed by atoms with Gasteiger partial charge in [-0.05, 0) is 18.6 Å². The van der Waals surface area contributed by atoms with Crippen LogP contribution >= 0.6 is 0 Å². The predicted molar refractivity (Wildman–Crippen MR) is 48.2 cm³/mol. The molecule has 0 N–H and O–H groups in total. The van der Waals surface area contributed by atoms with E-state index in [4.69, 9.17) is 5.26 Å². The summed E-state index contributed by atoms with van der Waals surface area (Å²) in [4.78, 5) is 15.2. The van der Waals surface area contributed by atoms with Gasteiger partial charge in [-0.1, -0.05) is 6.92 Å². The lowest BCUT2D eigenvalue weighted by atomic mass is 10.1. The van der Waals surface area contributed by atoms with Gasteiger partial charge in [-0.15, -0.1) is 0 Å². The molecule has 1 heterocycles. The van der Waals surface area contributed by atoms with Gasteiger partial charge in [-0.25, -0.2) is 0 Å². The Bertz CT molecular complexity index is 352. The van der Waals surface area contributed by atoms with Crippen LogP contribution < -0.4 is 0 Å². The van der Waals surface area contributed by atoms with Crippen LogP contribution in [0.4, 0.5) is 0 Å². The minimum Gasteiger partial charge on any atom is -0.292 e. The molecule has 0 bridgehead atoms. The summed E-state index contributed by atoms with van der Waals surface area (Å²) in [5, 5.41) is 8.58. The van der Waals surface area contributed by atoms with E-state index >= 15 is 0 Å². The highest BCUT2D eigenvalue weighted by molar-refractivity contribution is 5.94. The van der Waals surface area contributed by atoms with Gasteiger partial charge in [0.05, 0.1) is 11.6 Å². The van der Waals surface area contributed by atoms with Crippen molar-refractivity contribution in [3.05, 3.63) is 29.6 Å². The van der Waals surface area contributed by atoms with E-state index in [1.54, 1.807) is 6.07 Å². The average molecular weight is 174 g/mol. The maximum Gasteiger partial charge on any atom is 0.181 e. The van der Waals surface area contributed by atoms with Crippen LogP contribution in [0, 0.1) is 11.3 Å². The zero-order valence-corrected chi connectivity index (χ0v) is 7.45. The van der Waals surface area contributed by atoms with Crippen molar-refractivity contribution in [2.75, 3.05) is 0 Å². The van der Waals surface area contributed by atoms with E-state index in [1.807, 2.05) is 13.0 Å². The third kappa shape index (κ3) is 2.38. The first-order valence-electron chi connectivity index (χ1n) is 4.17. The summed E-state index contributed by atoms with van der Waals surface area (Å²) >= 11 is 0. The molecule has 66 valence electrons. The maximum atomic E-state index is 11.3. The number of nitriles is 1. The molecule has 1 rings (SSSR count). The summed E-state index contributed by atoms with van der Waals surface area (Å²) < 4.78 is 0. The topological polar surface area (TPSA) is 53.8 Å². The van der Waals surface area contributed by atoms with Gasteiger partial charge in [0.2, 0.25) is 0 Å². The number of carbonyl (C=O) groups is 1. The summed E-state index contributed by atoms with van der Waals surface area (Å²) in [6, 6.07) is 5.08. The normalized spacial score (nSPS) is 9.23. The van der Waals surface area contributed by atoms with Crippen molar-refractivity contribution in [1.29, 1.82) is 5.26 Å². The Morgan fingerprint density at radius 3 is 3.08 bits per heavy atom. The lowest BCUT2D eigenvalue weighted by molar-refractivity contribution is 0.0977. The van der Waals surface area contributed by atoms with Crippen molar-refractivity contribution in [3.63, 3.8) is 0 Å². The third-order valence-electron chi connectivity index (χ3n) is 1.65. The molecule has 1 aromatic rings. The van der Waals surface area contributed by atoms with E-state index in [2.05, 4.69) is 4.98 Å². The van der Waals surface area contributed by atoms with E-state index < -0.39 is 0 Å². The summed E-state index contributed by atoms with van der Waals surface area (Å²) in [7, 11) is 0. The largest absolute Gasteiger partial charge is 0.292 e. The molecule has 3 heteroatoms. The molecule has 0 radical (unpaired) electrons. The quantitative estimate of drug-likeness (QED) is 0.658. The SMILES string of the molecule is CCCC(=O)c1cc(C#N)ccn1. The van der Waals surface area contributed by atoms with Crippen molar-refractivity contribution in [2.45, 2.75) is 19.8 Å². The molecular formula is C10H10N2O. The lowest BCUT2D eigenvalue weighted by Crippen LogP contribution is -2.01. The molecule has 0 unspecified atom stereocenters. The molecule has 0 aliphatic carbocycles. The molecule has 1 aromatic heterocycles. The Balaban J connectivity index is 2.90. The minimum absolute atomic E-state index is 0.000370. The zero-order chi connectivity index (χ0) is 9.68. The van der Waals surface area contributed by atoms with E-state index in [0.29, 0.717) is 17.7 Å². The Morgan fingerprint density at radius 2 is 2.46 bits per heavy atom. The summed E-state index contributed by atoms with van der Waals surface area (Å²) in [5.74, 6) is -0.000370. The van der Waals surface area contributed by atoms with Crippen LogP contribution in [0.15, 0.2) is 18.3 Å². The average Bonchev–Trinajstić information content (AvgIpc) is 2.18. The number of nitrogens with zero attached hydrogens (tertiary/aromatic N) is 2. The standard InChI is InChI=1S/C10H10N2O/c1-2-3-10(13)9-6-8(7-11)4-5-12-9/h4-6H,2-3H2,1H3. The second kappa shape index (κ2) is 4.36. The smallest absolute Gasteiger partial charge is 0.181 e. The van der Waals surface area contributed by atoms with E-state index in [9.17, 15) is 4.79 Å². The van der Waals surface area contributed by atoms with E-state index in [-0.39, 0.29) is 5.78 Å². The Labute approximate surface area is 77.0 Å². The van der Waals surface area contributed by atoms with Gasteiger partial charge in [-0.3, -0.25) is 9.78 Å². The summed E-state index contributed by atoms with van der Waals surface area (Å²) in [5.41, 5.74) is 0.871. The second-order valence-electron chi connectivity index (χ2n) is 2.71. The highest BCUT2D eigenvalue weighted by atomic mass is 16.1. The van der Waals surface area contributed by atoms with Crippen molar-refractivity contribution in [2.24, 2.45) is 0 Å². The minimum atomic E-state index is -0.000370. The van der Waals surface area contributed by atoms with Crippen LogP contribution in [-0.2, 0) is 0 Å². The number of hydrogen-bond acceptors (Lipinski definition) is 3. The van der Waals surface area contributed by atoms with Gasteiger partial charge >= 0.3 is 0 Å². The van der Waals surface area contributed by atoms with Gasteiger partial charge in [0, 0.05) is 12.6 Å². The first-order chi connectivity index (χ1) is 6.27. The Hall–Kier alpha value is -1.69. The number of rotatable bonds is 3. The Kier molecular flexibility index (Phi) is 3.15. The summed E-state index contributed by atoms with van der Waals surface area (Å²) in [6.07, 6.45) is 2.78. The maximum absolute atomic E-state index is 11.3. The number of hydrogen-bond donors (Lipinski definition) is 0. The van der Waals surface area contributed by atoms with Crippen LogP contribution in [0.5, 0.6) is 0 Å². The van der Waals surface area contributed by atoms with Gasteiger partial charge < -0.3 is 0 Å². The number of aromatic nitrogens is 1. The van der Waals surface area contributed by atoms with Gasteiger partial charge in [0.1, 0.15) is 5.69 Å². The van der Waals surface area contributed by atoms with Crippen LogP contribution in [-0.4, -0.2) is 10.8 Å². The van der Waals surface area contributed by atoms with Crippen molar-refractivity contribution < 1.29 is 4.79 Å². The molecule has 3 nitrogen and oxygen atoms in total. The van der Waals surface area contributed by atoms with Gasteiger partial charge in [0.25, 0.3) is 0 Å². The highest BCUT2D eigenvalue weighted by Crippen LogP contribution is 2.04. The van der Waals surface area contributed by atoms with Crippen LogP contribution in [0.25, 0.3) is 0 Å². The van der Waals surface area contributed by atoms with E-state index in [0.717, 1.165) is 6.42 Å². The van der Waals surface area contributed by atoms with Crippen molar-refractivity contribution in [3.8, 4) is 6.07 Å².